The number of unbranched alkanes of at least 4 members (excludes halogenated alkanes) is 3. The second kappa shape index (κ2) is 12.2. The topological polar surface area (TPSA) is 77.8 Å². The van der Waals surface area contributed by atoms with Crippen LogP contribution in [-0.4, -0.2) is 39.7 Å². The van der Waals surface area contributed by atoms with Crippen molar-refractivity contribution < 1.29 is 24.5 Å². The number of hydrogen-bond acceptors (Lipinski definition) is 3. The van der Waals surface area contributed by atoms with E-state index in [1.807, 2.05) is 13.0 Å². The quantitative estimate of drug-likeness (QED) is 0.272. The van der Waals surface area contributed by atoms with E-state index in [1.165, 1.54) is 0 Å². The van der Waals surface area contributed by atoms with Crippen molar-refractivity contribution in [2.75, 3.05) is 0 Å². The normalized spacial score (nSPS) is 28.8. The van der Waals surface area contributed by atoms with Gasteiger partial charge in [0.2, 0.25) is 0 Å². The molecule has 6 atom stereocenters. The Balaban J connectivity index is 2.50. The monoisotopic (exact) mass is 370 g/mol. The number of alkyl halides is 1. The third-order valence-electron chi connectivity index (χ3n) is 5.42. The largest absolute Gasteiger partial charge is 0.478 e. The molecule has 150 valence electrons. The SMILES string of the molecule is CCCCC(C)[C@H](O)C=C[C@@H]1[C@@H](CCCCC=CC(=O)O)[C@H](F)C[C@H]1O. The van der Waals surface area contributed by atoms with Crippen molar-refractivity contribution in [1.82, 2.24) is 0 Å². The predicted molar refractivity (Wildman–Crippen MR) is 102 cm³/mol. The molecule has 0 radical (unpaired) electrons. The van der Waals surface area contributed by atoms with Crippen molar-refractivity contribution >= 4 is 5.97 Å². The summed E-state index contributed by atoms with van der Waals surface area (Å²) >= 11 is 0. The lowest BCUT2D eigenvalue weighted by Crippen LogP contribution is -2.21. The molecule has 1 saturated carbocycles. The highest BCUT2D eigenvalue weighted by Gasteiger charge is 2.40. The standard InChI is InChI=1S/C21H35FO4/c1-3-4-9-15(2)19(23)13-12-17-16(18(22)14-20(17)24)10-7-5-6-8-11-21(25)26/h8,11-13,15-20,23-24H,3-7,9-10,14H2,1-2H3,(H,25,26)/t15?,16-,17-,18-,19-,20-/m1/s1. The molecule has 0 spiro atoms. The van der Waals surface area contributed by atoms with Crippen LogP contribution in [0.25, 0.3) is 0 Å². The van der Waals surface area contributed by atoms with Crippen LogP contribution in [0.5, 0.6) is 0 Å². The van der Waals surface area contributed by atoms with E-state index in [2.05, 4.69) is 6.92 Å². The molecule has 1 aliphatic carbocycles. The van der Waals surface area contributed by atoms with E-state index >= 15 is 0 Å². The average Bonchev–Trinajstić information content (AvgIpc) is 2.86. The van der Waals surface area contributed by atoms with Crippen LogP contribution >= 0.6 is 0 Å². The van der Waals surface area contributed by atoms with E-state index in [-0.39, 0.29) is 24.2 Å². The van der Waals surface area contributed by atoms with Gasteiger partial charge in [0.1, 0.15) is 6.17 Å². The molecule has 1 rings (SSSR count). The number of carboxylic acids is 1. The molecule has 5 heteroatoms. The summed E-state index contributed by atoms with van der Waals surface area (Å²) in [6.45, 7) is 4.13. The fourth-order valence-electron chi connectivity index (χ4n) is 3.69. The Morgan fingerprint density at radius 3 is 2.69 bits per heavy atom. The van der Waals surface area contributed by atoms with E-state index in [4.69, 9.17) is 5.11 Å². The molecule has 1 aliphatic rings. The maximum absolute atomic E-state index is 14.3. The molecule has 0 aromatic carbocycles. The van der Waals surface area contributed by atoms with Gasteiger partial charge in [0.05, 0.1) is 12.2 Å². The maximum Gasteiger partial charge on any atom is 0.327 e. The van der Waals surface area contributed by atoms with E-state index in [0.29, 0.717) is 12.8 Å². The van der Waals surface area contributed by atoms with E-state index in [0.717, 1.165) is 38.2 Å². The van der Waals surface area contributed by atoms with E-state index in [9.17, 15) is 19.4 Å². The number of rotatable bonds is 12. The molecule has 1 unspecified atom stereocenters. The number of hydrogen-bond donors (Lipinski definition) is 3. The Morgan fingerprint density at radius 1 is 1.31 bits per heavy atom. The van der Waals surface area contributed by atoms with Gasteiger partial charge in [-0.25, -0.2) is 9.18 Å². The molecule has 1 fully saturated rings. The number of halogens is 1. The first-order valence-electron chi connectivity index (χ1n) is 9.94. The summed E-state index contributed by atoms with van der Waals surface area (Å²) in [5.41, 5.74) is 0. The molecule has 0 heterocycles. The minimum Gasteiger partial charge on any atom is -0.478 e. The highest BCUT2D eigenvalue weighted by atomic mass is 19.1. The molecule has 26 heavy (non-hydrogen) atoms. The lowest BCUT2D eigenvalue weighted by Gasteiger charge is -2.21. The molecule has 0 aliphatic heterocycles. The van der Waals surface area contributed by atoms with Crippen LogP contribution in [0.2, 0.25) is 0 Å². The average molecular weight is 371 g/mol. The van der Waals surface area contributed by atoms with Gasteiger partial charge in [0, 0.05) is 18.4 Å². The second-order valence-corrected chi connectivity index (χ2v) is 7.58. The molecule has 0 aromatic heterocycles. The number of aliphatic hydroxyl groups excluding tert-OH is 2. The Bertz CT molecular complexity index is 463. The van der Waals surface area contributed by atoms with Crippen molar-refractivity contribution in [3.63, 3.8) is 0 Å². The number of aliphatic hydroxyl groups is 2. The van der Waals surface area contributed by atoms with Crippen molar-refractivity contribution in [1.29, 1.82) is 0 Å². The number of aliphatic carboxylic acids is 1. The van der Waals surface area contributed by atoms with E-state index in [1.54, 1.807) is 12.2 Å². The van der Waals surface area contributed by atoms with Gasteiger partial charge in [-0.05, 0) is 37.5 Å². The Labute approximate surface area is 156 Å². The maximum atomic E-state index is 14.3. The third kappa shape index (κ3) is 8.00. The minimum atomic E-state index is -1.02. The molecule has 3 N–H and O–H groups in total. The fourth-order valence-corrected chi connectivity index (χ4v) is 3.69. The number of allylic oxidation sites excluding steroid dienone is 1. The zero-order valence-electron chi connectivity index (χ0n) is 16.1. The van der Waals surface area contributed by atoms with Crippen LogP contribution < -0.4 is 0 Å². The second-order valence-electron chi connectivity index (χ2n) is 7.58. The van der Waals surface area contributed by atoms with Gasteiger partial charge < -0.3 is 15.3 Å². The minimum absolute atomic E-state index is 0.153. The molecular formula is C21H35FO4. The van der Waals surface area contributed by atoms with Gasteiger partial charge in [-0.2, -0.15) is 0 Å². The molecule has 0 bridgehead atoms. The lowest BCUT2D eigenvalue weighted by atomic mass is 9.87. The van der Waals surface area contributed by atoms with Crippen LogP contribution in [0.1, 0.15) is 65.2 Å². The van der Waals surface area contributed by atoms with Gasteiger partial charge in [0.15, 0.2) is 0 Å². The van der Waals surface area contributed by atoms with Crippen LogP contribution in [0.3, 0.4) is 0 Å². The van der Waals surface area contributed by atoms with Crippen molar-refractivity contribution in [2.24, 2.45) is 17.8 Å². The molecule has 0 amide bonds. The van der Waals surface area contributed by atoms with Gasteiger partial charge in [-0.15, -0.1) is 0 Å². The summed E-state index contributed by atoms with van der Waals surface area (Å²) in [6.07, 6.45) is 10.2. The first kappa shape index (κ1) is 22.8. The number of carboxylic acid groups (broad SMARTS) is 1. The van der Waals surface area contributed by atoms with Crippen molar-refractivity contribution in [3.8, 4) is 0 Å². The summed E-state index contributed by atoms with van der Waals surface area (Å²) in [4.78, 5) is 10.4. The summed E-state index contributed by atoms with van der Waals surface area (Å²) in [6, 6.07) is 0. The Morgan fingerprint density at radius 2 is 2.04 bits per heavy atom. The van der Waals surface area contributed by atoms with Crippen LogP contribution in [0.4, 0.5) is 4.39 Å². The highest BCUT2D eigenvalue weighted by Crippen LogP contribution is 2.39. The smallest absolute Gasteiger partial charge is 0.327 e. The zero-order chi connectivity index (χ0) is 19.5. The summed E-state index contributed by atoms with van der Waals surface area (Å²) in [7, 11) is 0. The molecule has 4 nitrogen and oxygen atoms in total. The molecular weight excluding hydrogens is 335 g/mol. The molecule has 0 saturated heterocycles. The number of carbonyl (C=O) groups is 1. The Kier molecular flexibility index (Phi) is 10.7. The van der Waals surface area contributed by atoms with Crippen LogP contribution in [0, 0.1) is 17.8 Å². The predicted octanol–water partition coefficient (Wildman–Crippen LogP) is 4.27. The van der Waals surface area contributed by atoms with Gasteiger partial charge in [-0.3, -0.25) is 0 Å². The van der Waals surface area contributed by atoms with Gasteiger partial charge in [0.25, 0.3) is 0 Å². The fraction of sp³-hybridized carbons (Fsp3) is 0.762. The summed E-state index contributed by atoms with van der Waals surface area (Å²) < 4.78 is 14.3. The first-order valence-corrected chi connectivity index (χ1v) is 9.94. The van der Waals surface area contributed by atoms with Gasteiger partial charge >= 0.3 is 5.97 Å². The van der Waals surface area contributed by atoms with Crippen molar-refractivity contribution in [3.05, 3.63) is 24.3 Å². The van der Waals surface area contributed by atoms with E-state index < -0.39 is 24.3 Å². The molecule has 0 aromatic rings. The zero-order valence-corrected chi connectivity index (χ0v) is 16.1. The lowest BCUT2D eigenvalue weighted by molar-refractivity contribution is -0.131. The highest BCUT2D eigenvalue weighted by molar-refractivity contribution is 5.79. The summed E-state index contributed by atoms with van der Waals surface area (Å²) in [5.74, 6) is -1.29. The Hall–Kier alpha value is -1.20. The summed E-state index contributed by atoms with van der Waals surface area (Å²) in [5, 5.41) is 29.0. The van der Waals surface area contributed by atoms with Crippen LogP contribution in [-0.2, 0) is 4.79 Å². The third-order valence-corrected chi connectivity index (χ3v) is 5.42. The first-order chi connectivity index (χ1) is 12.4. The van der Waals surface area contributed by atoms with Crippen molar-refractivity contribution in [2.45, 2.75) is 83.6 Å². The van der Waals surface area contributed by atoms with Gasteiger partial charge in [-0.1, -0.05) is 51.3 Å². The van der Waals surface area contributed by atoms with Crippen LogP contribution in [0.15, 0.2) is 24.3 Å².